The number of hydrogen-bond acceptors (Lipinski definition) is 4. The van der Waals surface area contributed by atoms with Crippen molar-refractivity contribution in [1.82, 2.24) is 19.8 Å². The van der Waals surface area contributed by atoms with Crippen LogP contribution in [0.1, 0.15) is 18.6 Å². The molecule has 1 N–H and O–H groups in total. The molecule has 1 atom stereocenters. The molecule has 0 aromatic carbocycles. The van der Waals surface area contributed by atoms with Crippen LogP contribution in [0.3, 0.4) is 0 Å². The Morgan fingerprint density at radius 1 is 1.50 bits per heavy atom. The van der Waals surface area contributed by atoms with Crippen molar-refractivity contribution in [3.05, 3.63) is 42.9 Å². The molecule has 22 heavy (non-hydrogen) atoms. The molecule has 3 heterocycles. The largest absolute Gasteiger partial charge is 0.468 e. The molecule has 1 aliphatic rings. The number of nitrogens with one attached hydrogen (secondary N) is 1. The van der Waals surface area contributed by atoms with Crippen molar-refractivity contribution in [2.45, 2.75) is 25.9 Å². The van der Waals surface area contributed by atoms with Crippen molar-refractivity contribution in [2.75, 3.05) is 19.6 Å². The summed E-state index contributed by atoms with van der Waals surface area (Å²) >= 11 is 0. The van der Waals surface area contributed by atoms with E-state index in [2.05, 4.69) is 15.2 Å². The summed E-state index contributed by atoms with van der Waals surface area (Å²) in [4.78, 5) is 18.6. The van der Waals surface area contributed by atoms with Gasteiger partial charge < -0.3 is 14.3 Å². The molecule has 2 aromatic heterocycles. The standard InChI is InChI=1S/C16H22N4O2/c21-16(18-6-9-19-8-5-17-13-19)14-3-1-7-20(11-14)12-15-4-2-10-22-15/h2,4-5,8,10,13-14H,1,3,6-7,9,11-12H2,(H,18,21)/t14-/m1/s1. The van der Waals surface area contributed by atoms with Crippen molar-refractivity contribution < 1.29 is 9.21 Å². The topological polar surface area (TPSA) is 63.3 Å². The van der Waals surface area contributed by atoms with Crippen molar-refractivity contribution in [2.24, 2.45) is 5.92 Å². The Bertz CT molecular complexity index is 565. The molecule has 2 aromatic rings. The Hall–Kier alpha value is -2.08. The summed E-state index contributed by atoms with van der Waals surface area (Å²) in [6.07, 6.45) is 9.12. The van der Waals surface area contributed by atoms with E-state index in [1.54, 1.807) is 18.8 Å². The van der Waals surface area contributed by atoms with Crippen molar-refractivity contribution >= 4 is 5.91 Å². The number of amides is 1. The molecule has 0 spiro atoms. The highest BCUT2D eigenvalue weighted by Gasteiger charge is 2.25. The van der Waals surface area contributed by atoms with Gasteiger partial charge in [-0.25, -0.2) is 4.98 Å². The van der Waals surface area contributed by atoms with Crippen LogP contribution >= 0.6 is 0 Å². The fraction of sp³-hybridized carbons (Fsp3) is 0.500. The molecule has 1 aliphatic heterocycles. The van der Waals surface area contributed by atoms with Gasteiger partial charge in [-0.2, -0.15) is 0 Å². The van der Waals surface area contributed by atoms with Crippen LogP contribution in [0.15, 0.2) is 41.5 Å². The fourth-order valence-corrected chi connectivity index (χ4v) is 2.91. The summed E-state index contributed by atoms with van der Waals surface area (Å²) in [5.41, 5.74) is 0. The van der Waals surface area contributed by atoms with E-state index in [0.717, 1.165) is 44.8 Å². The first kappa shape index (κ1) is 14.8. The molecule has 0 saturated carbocycles. The number of piperidine rings is 1. The molecule has 3 rings (SSSR count). The highest BCUT2D eigenvalue weighted by Crippen LogP contribution is 2.18. The van der Waals surface area contributed by atoms with Crippen LogP contribution < -0.4 is 5.32 Å². The summed E-state index contributed by atoms with van der Waals surface area (Å²) in [6, 6.07) is 3.88. The number of carbonyl (C=O) groups excluding carboxylic acids is 1. The average molecular weight is 302 g/mol. The second-order valence-electron chi connectivity index (χ2n) is 5.75. The van der Waals surface area contributed by atoms with Gasteiger partial charge in [0, 0.05) is 32.0 Å². The average Bonchev–Trinajstić information content (AvgIpc) is 3.21. The predicted molar refractivity (Wildman–Crippen MR) is 81.9 cm³/mol. The van der Waals surface area contributed by atoms with Crippen molar-refractivity contribution in [1.29, 1.82) is 0 Å². The molecular weight excluding hydrogens is 280 g/mol. The van der Waals surface area contributed by atoms with Gasteiger partial charge in [-0.15, -0.1) is 0 Å². The van der Waals surface area contributed by atoms with Gasteiger partial charge in [0.1, 0.15) is 5.76 Å². The van der Waals surface area contributed by atoms with Gasteiger partial charge in [0.2, 0.25) is 5.91 Å². The Kier molecular flexibility index (Phi) is 4.90. The number of likely N-dealkylation sites (tertiary alicyclic amines) is 1. The van der Waals surface area contributed by atoms with Crippen LogP contribution in [-0.2, 0) is 17.9 Å². The molecule has 0 radical (unpaired) electrons. The number of rotatable bonds is 6. The van der Waals surface area contributed by atoms with Crippen molar-refractivity contribution in [3.63, 3.8) is 0 Å². The van der Waals surface area contributed by atoms with E-state index in [1.807, 2.05) is 22.9 Å². The van der Waals surface area contributed by atoms with Gasteiger partial charge in [-0.05, 0) is 31.5 Å². The maximum atomic E-state index is 12.3. The molecule has 1 saturated heterocycles. The molecule has 0 aliphatic carbocycles. The summed E-state index contributed by atoms with van der Waals surface area (Å²) < 4.78 is 7.35. The summed E-state index contributed by atoms with van der Waals surface area (Å²) in [5, 5.41) is 3.03. The predicted octanol–water partition coefficient (Wildman–Crippen LogP) is 1.50. The summed E-state index contributed by atoms with van der Waals surface area (Å²) in [5.74, 6) is 1.19. The first-order chi connectivity index (χ1) is 10.8. The highest BCUT2D eigenvalue weighted by molar-refractivity contribution is 5.78. The molecule has 6 nitrogen and oxygen atoms in total. The minimum Gasteiger partial charge on any atom is -0.468 e. The third-order valence-corrected chi connectivity index (χ3v) is 4.06. The quantitative estimate of drug-likeness (QED) is 0.878. The Balaban J connectivity index is 1.43. The second-order valence-corrected chi connectivity index (χ2v) is 5.75. The van der Waals surface area contributed by atoms with Gasteiger partial charge in [0.05, 0.1) is 25.1 Å². The number of nitrogens with zero attached hydrogens (tertiary/aromatic N) is 3. The fourth-order valence-electron chi connectivity index (χ4n) is 2.91. The maximum Gasteiger partial charge on any atom is 0.224 e. The van der Waals surface area contributed by atoms with Crippen LogP contribution in [0.5, 0.6) is 0 Å². The third kappa shape index (κ3) is 3.98. The maximum absolute atomic E-state index is 12.3. The smallest absolute Gasteiger partial charge is 0.224 e. The second kappa shape index (κ2) is 7.26. The lowest BCUT2D eigenvalue weighted by atomic mass is 9.97. The van der Waals surface area contributed by atoms with Crippen LogP contribution in [0.2, 0.25) is 0 Å². The zero-order chi connectivity index (χ0) is 15.2. The molecular formula is C16H22N4O2. The van der Waals surface area contributed by atoms with Gasteiger partial charge in [-0.3, -0.25) is 9.69 Å². The molecule has 6 heteroatoms. The minimum atomic E-state index is 0.0755. The van der Waals surface area contributed by atoms with Crippen LogP contribution in [-0.4, -0.2) is 40.0 Å². The molecule has 1 fully saturated rings. The molecule has 1 amide bonds. The normalized spacial score (nSPS) is 19.2. The van der Waals surface area contributed by atoms with Crippen molar-refractivity contribution in [3.8, 4) is 0 Å². The Morgan fingerprint density at radius 2 is 2.45 bits per heavy atom. The van der Waals surface area contributed by atoms with E-state index >= 15 is 0 Å². The minimum absolute atomic E-state index is 0.0755. The van der Waals surface area contributed by atoms with Crippen LogP contribution in [0.4, 0.5) is 0 Å². The van der Waals surface area contributed by atoms with Gasteiger partial charge in [0.15, 0.2) is 0 Å². The number of hydrogen-bond donors (Lipinski definition) is 1. The van der Waals surface area contributed by atoms with E-state index in [4.69, 9.17) is 4.42 Å². The Morgan fingerprint density at radius 3 is 3.23 bits per heavy atom. The van der Waals surface area contributed by atoms with E-state index in [1.165, 1.54) is 0 Å². The monoisotopic (exact) mass is 302 g/mol. The summed E-state index contributed by atoms with van der Waals surface area (Å²) in [7, 11) is 0. The van der Waals surface area contributed by atoms with E-state index in [-0.39, 0.29) is 11.8 Å². The molecule has 0 bridgehead atoms. The highest BCUT2D eigenvalue weighted by atomic mass is 16.3. The Labute approximate surface area is 130 Å². The number of carbonyl (C=O) groups is 1. The molecule has 118 valence electrons. The zero-order valence-corrected chi connectivity index (χ0v) is 12.6. The lowest BCUT2D eigenvalue weighted by Crippen LogP contribution is -2.43. The SMILES string of the molecule is O=C(NCCn1ccnc1)[C@@H]1CCCN(Cc2ccco2)C1. The van der Waals surface area contributed by atoms with Crippen LogP contribution in [0, 0.1) is 5.92 Å². The van der Waals surface area contributed by atoms with E-state index in [0.29, 0.717) is 6.54 Å². The first-order valence-corrected chi connectivity index (χ1v) is 7.79. The van der Waals surface area contributed by atoms with Gasteiger partial charge >= 0.3 is 0 Å². The third-order valence-electron chi connectivity index (χ3n) is 4.06. The number of furan rings is 1. The summed E-state index contributed by atoms with van der Waals surface area (Å²) in [6.45, 7) is 4.02. The van der Waals surface area contributed by atoms with E-state index < -0.39 is 0 Å². The van der Waals surface area contributed by atoms with Crippen LogP contribution in [0.25, 0.3) is 0 Å². The zero-order valence-electron chi connectivity index (χ0n) is 12.6. The van der Waals surface area contributed by atoms with E-state index in [9.17, 15) is 4.79 Å². The number of imidazole rings is 1. The molecule has 0 unspecified atom stereocenters. The lowest BCUT2D eigenvalue weighted by molar-refractivity contribution is -0.126. The lowest BCUT2D eigenvalue weighted by Gasteiger charge is -2.31. The van der Waals surface area contributed by atoms with Gasteiger partial charge in [0.25, 0.3) is 0 Å². The number of aromatic nitrogens is 2. The van der Waals surface area contributed by atoms with Gasteiger partial charge in [-0.1, -0.05) is 0 Å². The first-order valence-electron chi connectivity index (χ1n) is 7.79.